The lowest BCUT2D eigenvalue weighted by molar-refractivity contribution is 0.598. The van der Waals surface area contributed by atoms with Gasteiger partial charge in [0.15, 0.2) is 0 Å². The number of halogens is 1. The number of hydrogen-bond donors (Lipinski definition) is 0. The predicted octanol–water partition coefficient (Wildman–Crippen LogP) is 2.41. The van der Waals surface area contributed by atoms with E-state index in [2.05, 4.69) is 4.98 Å². The summed E-state index contributed by atoms with van der Waals surface area (Å²) in [6, 6.07) is 1.56. The van der Waals surface area contributed by atoms with Gasteiger partial charge in [-0.3, -0.25) is 4.98 Å². The summed E-state index contributed by atoms with van der Waals surface area (Å²) in [7, 11) is 0. The molecule has 1 nitrogen and oxygen atoms in total. The van der Waals surface area contributed by atoms with Crippen molar-refractivity contribution in [2.45, 2.75) is 25.7 Å². The van der Waals surface area contributed by atoms with Crippen molar-refractivity contribution in [1.82, 2.24) is 4.98 Å². The van der Waals surface area contributed by atoms with Gasteiger partial charge in [-0.2, -0.15) is 0 Å². The first kappa shape index (κ1) is 6.77. The van der Waals surface area contributed by atoms with Crippen molar-refractivity contribution < 1.29 is 4.39 Å². The van der Waals surface area contributed by atoms with E-state index < -0.39 is 0 Å². The molecule has 0 aliphatic heterocycles. The molecule has 0 amide bonds. The molecule has 0 N–H and O–H groups in total. The monoisotopic (exact) mass is 151 g/mol. The Morgan fingerprint density at radius 3 is 2.82 bits per heavy atom. The van der Waals surface area contributed by atoms with Crippen molar-refractivity contribution in [3.8, 4) is 0 Å². The van der Waals surface area contributed by atoms with Crippen LogP contribution in [0.4, 0.5) is 4.39 Å². The average Bonchev–Trinajstić information content (AvgIpc) is 2.70. The van der Waals surface area contributed by atoms with Crippen LogP contribution in [-0.4, -0.2) is 4.98 Å². The van der Waals surface area contributed by atoms with Crippen LogP contribution in [0.15, 0.2) is 12.3 Å². The van der Waals surface area contributed by atoms with Gasteiger partial charge in [0, 0.05) is 12.1 Å². The third kappa shape index (κ3) is 1.25. The van der Waals surface area contributed by atoms with Crippen molar-refractivity contribution in [2.24, 2.45) is 0 Å². The molecular weight excluding hydrogens is 141 g/mol. The van der Waals surface area contributed by atoms with E-state index in [9.17, 15) is 4.39 Å². The summed E-state index contributed by atoms with van der Waals surface area (Å²) in [5.41, 5.74) is 1.56. The smallest absolute Gasteiger partial charge is 0.145 e. The summed E-state index contributed by atoms with van der Waals surface area (Å²) in [4.78, 5) is 4.06. The van der Waals surface area contributed by atoms with Gasteiger partial charge in [-0.05, 0) is 31.4 Å². The van der Waals surface area contributed by atoms with Crippen LogP contribution in [0, 0.1) is 12.7 Å². The zero-order chi connectivity index (χ0) is 7.84. The number of rotatable bonds is 1. The largest absolute Gasteiger partial charge is 0.258 e. The fourth-order valence-corrected chi connectivity index (χ4v) is 1.20. The van der Waals surface area contributed by atoms with Gasteiger partial charge in [0.25, 0.3) is 0 Å². The first-order chi connectivity index (χ1) is 5.27. The third-order valence-corrected chi connectivity index (χ3v) is 1.97. The molecule has 2 rings (SSSR count). The first-order valence-corrected chi connectivity index (χ1v) is 3.89. The number of hydrogen-bond acceptors (Lipinski definition) is 1. The van der Waals surface area contributed by atoms with E-state index >= 15 is 0 Å². The zero-order valence-electron chi connectivity index (χ0n) is 6.47. The SMILES string of the molecule is Cc1cnc(C2CC2)c(F)c1. The molecule has 0 atom stereocenters. The second-order valence-electron chi connectivity index (χ2n) is 3.15. The average molecular weight is 151 g/mol. The highest BCUT2D eigenvalue weighted by atomic mass is 19.1. The van der Waals surface area contributed by atoms with Crippen molar-refractivity contribution in [3.63, 3.8) is 0 Å². The van der Waals surface area contributed by atoms with E-state index in [4.69, 9.17) is 0 Å². The third-order valence-electron chi connectivity index (χ3n) is 1.97. The number of nitrogens with zero attached hydrogens (tertiary/aromatic N) is 1. The summed E-state index contributed by atoms with van der Waals surface area (Å²) in [6.07, 6.45) is 3.94. The molecule has 0 spiro atoms. The van der Waals surface area contributed by atoms with E-state index in [1.807, 2.05) is 6.92 Å². The Kier molecular flexibility index (Phi) is 1.41. The van der Waals surface area contributed by atoms with Crippen LogP contribution in [0.5, 0.6) is 0 Å². The maximum Gasteiger partial charge on any atom is 0.145 e. The Bertz CT molecular complexity index is 279. The van der Waals surface area contributed by atoms with Crippen molar-refractivity contribution in [3.05, 3.63) is 29.3 Å². The van der Waals surface area contributed by atoms with Gasteiger partial charge in [-0.15, -0.1) is 0 Å². The Morgan fingerprint density at radius 1 is 1.55 bits per heavy atom. The highest BCUT2D eigenvalue weighted by Crippen LogP contribution is 2.39. The molecule has 0 aromatic carbocycles. The summed E-state index contributed by atoms with van der Waals surface area (Å²) < 4.78 is 13.1. The van der Waals surface area contributed by atoms with E-state index in [1.165, 1.54) is 0 Å². The lowest BCUT2D eigenvalue weighted by Gasteiger charge is -1.99. The molecule has 0 unspecified atom stereocenters. The van der Waals surface area contributed by atoms with Gasteiger partial charge < -0.3 is 0 Å². The molecule has 1 aliphatic carbocycles. The highest BCUT2D eigenvalue weighted by molar-refractivity contribution is 5.20. The molecule has 58 valence electrons. The molecule has 1 aromatic rings. The van der Waals surface area contributed by atoms with Gasteiger partial charge in [0.05, 0.1) is 5.69 Å². The number of aromatic nitrogens is 1. The molecule has 1 fully saturated rings. The summed E-state index contributed by atoms with van der Waals surface area (Å²) in [5.74, 6) is 0.281. The van der Waals surface area contributed by atoms with Crippen LogP contribution < -0.4 is 0 Å². The topological polar surface area (TPSA) is 12.9 Å². The molecule has 2 heteroatoms. The minimum Gasteiger partial charge on any atom is -0.258 e. The van der Waals surface area contributed by atoms with E-state index in [0.717, 1.165) is 18.4 Å². The van der Waals surface area contributed by atoms with Crippen LogP contribution in [0.2, 0.25) is 0 Å². The van der Waals surface area contributed by atoms with Gasteiger partial charge >= 0.3 is 0 Å². The second kappa shape index (κ2) is 2.29. The molecule has 0 radical (unpaired) electrons. The van der Waals surface area contributed by atoms with Gasteiger partial charge in [0.2, 0.25) is 0 Å². The Morgan fingerprint density at radius 2 is 2.27 bits per heavy atom. The first-order valence-electron chi connectivity index (χ1n) is 3.89. The maximum absolute atomic E-state index is 13.1. The van der Waals surface area contributed by atoms with Gasteiger partial charge in [-0.1, -0.05) is 0 Å². The molecule has 0 bridgehead atoms. The standard InChI is InChI=1S/C9H10FN/c1-6-4-8(10)9(11-5-6)7-2-3-7/h4-5,7H,2-3H2,1H3. The minimum absolute atomic E-state index is 0.132. The Labute approximate surface area is 65.3 Å². The number of pyridine rings is 1. The molecule has 1 aliphatic rings. The van der Waals surface area contributed by atoms with E-state index in [1.54, 1.807) is 12.3 Å². The van der Waals surface area contributed by atoms with E-state index in [0.29, 0.717) is 11.6 Å². The summed E-state index contributed by atoms with van der Waals surface area (Å²) in [6.45, 7) is 1.85. The second-order valence-corrected chi connectivity index (χ2v) is 3.15. The maximum atomic E-state index is 13.1. The van der Waals surface area contributed by atoms with Crippen LogP contribution in [0.3, 0.4) is 0 Å². The van der Waals surface area contributed by atoms with E-state index in [-0.39, 0.29) is 5.82 Å². The Balaban J connectivity index is 2.39. The lowest BCUT2D eigenvalue weighted by Crippen LogP contribution is -1.92. The van der Waals surface area contributed by atoms with Crippen molar-refractivity contribution in [1.29, 1.82) is 0 Å². The van der Waals surface area contributed by atoms with Gasteiger partial charge in [0.1, 0.15) is 5.82 Å². The predicted molar refractivity (Wildman–Crippen MR) is 40.9 cm³/mol. The lowest BCUT2D eigenvalue weighted by atomic mass is 10.2. The Hall–Kier alpha value is -0.920. The zero-order valence-corrected chi connectivity index (χ0v) is 6.47. The quantitative estimate of drug-likeness (QED) is 0.600. The molecule has 1 saturated carbocycles. The molecule has 0 saturated heterocycles. The van der Waals surface area contributed by atoms with Crippen molar-refractivity contribution in [2.75, 3.05) is 0 Å². The highest BCUT2D eigenvalue weighted by Gasteiger charge is 2.27. The van der Waals surface area contributed by atoms with Crippen LogP contribution >= 0.6 is 0 Å². The van der Waals surface area contributed by atoms with Crippen LogP contribution in [0.25, 0.3) is 0 Å². The molecule has 11 heavy (non-hydrogen) atoms. The summed E-state index contributed by atoms with van der Waals surface area (Å²) in [5, 5.41) is 0. The summed E-state index contributed by atoms with van der Waals surface area (Å²) >= 11 is 0. The van der Waals surface area contributed by atoms with Crippen LogP contribution in [0.1, 0.15) is 30.0 Å². The normalized spacial score (nSPS) is 16.9. The fraction of sp³-hybridized carbons (Fsp3) is 0.444. The minimum atomic E-state index is -0.132. The molecular formula is C9H10FN. The fourth-order valence-electron chi connectivity index (χ4n) is 1.20. The van der Waals surface area contributed by atoms with Crippen LogP contribution in [-0.2, 0) is 0 Å². The number of aryl methyl sites for hydroxylation is 1. The van der Waals surface area contributed by atoms with Crippen molar-refractivity contribution >= 4 is 0 Å². The molecule has 1 aromatic heterocycles. The van der Waals surface area contributed by atoms with Gasteiger partial charge in [-0.25, -0.2) is 4.39 Å². The molecule has 1 heterocycles.